The summed E-state index contributed by atoms with van der Waals surface area (Å²) in [6.45, 7) is 6.34. The standard InChI is InChI=1S/C6H9O3/c1-6(2)3-8-5(7)9-4-6/h1,3-4H2,2H3. The minimum Gasteiger partial charge on any atom is -0.434 e. The van der Waals surface area contributed by atoms with E-state index in [-0.39, 0.29) is 5.41 Å². The molecule has 0 bridgehead atoms. The van der Waals surface area contributed by atoms with Crippen molar-refractivity contribution in [2.75, 3.05) is 13.2 Å². The van der Waals surface area contributed by atoms with Gasteiger partial charge in [-0.1, -0.05) is 6.92 Å². The monoisotopic (exact) mass is 129 g/mol. The van der Waals surface area contributed by atoms with E-state index >= 15 is 0 Å². The van der Waals surface area contributed by atoms with Crippen LogP contribution in [0, 0.1) is 12.3 Å². The van der Waals surface area contributed by atoms with Gasteiger partial charge in [0.05, 0.1) is 0 Å². The third kappa shape index (κ3) is 1.59. The van der Waals surface area contributed by atoms with Crippen molar-refractivity contribution in [2.45, 2.75) is 6.92 Å². The predicted octanol–water partition coefficient (Wildman–Crippen LogP) is 0.994. The van der Waals surface area contributed by atoms with Crippen LogP contribution in [0.25, 0.3) is 0 Å². The molecule has 0 atom stereocenters. The van der Waals surface area contributed by atoms with Crippen LogP contribution in [0.5, 0.6) is 0 Å². The van der Waals surface area contributed by atoms with Crippen molar-refractivity contribution in [2.24, 2.45) is 5.41 Å². The molecule has 1 heterocycles. The zero-order chi connectivity index (χ0) is 6.91. The molecule has 0 saturated carbocycles. The topological polar surface area (TPSA) is 35.5 Å². The van der Waals surface area contributed by atoms with Crippen molar-refractivity contribution in [1.82, 2.24) is 0 Å². The Hall–Kier alpha value is -0.730. The van der Waals surface area contributed by atoms with Gasteiger partial charge in [-0.2, -0.15) is 0 Å². The molecule has 0 spiro atoms. The summed E-state index contributed by atoms with van der Waals surface area (Å²) in [4.78, 5) is 10.3. The molecule has 1 rings (SSSR count). The molecule has 3 heteroatoms. The highest BCUT2D eigenvalue weighted by Gasteiger charge is 2.27. The van der Waals surface area contributed by atoms with Crippen LogP contribution in [-0.2, 0) is 9.47 Å². The maximum atomic E-state index is 10.3. The van der Waals surface area contributed by atoms with Gasteiger partial charge in [0.2, 0.25) is 0 Å². The van der Waals surface area contributed by atoms with Crippen molar-refractivity contribution >= 4 is 6.16 Å². The first-order chi connectivity index (χ1) is 4.10. The van der Waals surface area contributed by atoms with Crippen LogP contribution in [0.4, 0.5) is 4.79 Å². The highest BCUT2D eigenvalue weighted by molar-refractivity contribution is 5.60. The second-order valence-electron chi connectivity index (χ2n) is 2.64. The van der Waals surface area contributed by atoms with Gasteiger partial charge < -0.3 is 9.47 Å². The lowest BCUT2D eigenvalue weighted by Crippen LogP contribution is -2.34. The smallest absolute Gasteiger partial charge is 0.434 e. The predicted molar refractivity (Wildman–Crippen MR) is 30.8 cm³/mol. The fourth-order valence-electron chi connectivity index (χ4n) is 0.550. The van der Waals surface area contributed by atoms with E-state index in [9.17, 15) is 4.79 Å². The summed E-state index contributed by atoms with van der Waals surface area (Å²) < 4.78 is 9.14. The maximum absolute atomic E-state index is 10.3. The highest BCUT2D eigenvalue weighted by Crippen LogP contribution is 2.19. The lowest BCUT2D eigenvalue weighted by atomic mass is 9.96. The van der Waals surface area contributed by atoms with E-state index in [0.717, 1.165) is 0 Å². The van der Waals surface area contributed by atoms with Gasteiger partial charge in [0, 0.05) is 5.41 Å². The Morgan fingerprint density at radius 1 is 1.56 bits per heavy atom. The van der Waals surface area contributed by atoms with Crippen LogP contribution >= 0.6 is 0 Å². The Morgan fingerprint density at radius 2 is 2.00 bits per heavy atom. The highest BCUT2D eigenvalue weighted by atomic mass is 16.7. The van der Waals surface area contributed by atoms with Crippen molar-refractivity contribution in [3.8, 4) is 0 Å². The first-order valence-corrected chi connectivity index (χ1v) is 2.75. The molecule has 0 aromatic heterocycles. The van der Waals surface area contributed by atoms with Crippen LogP contribution in [-0.4, -0.2) is 19.4 Å². The van der Waals surface area contributed by atoms with E-state index in [4.69, 9.17) is 0 Å². The lowest BCUT2D eigenvalue weighted by Gasteiger charge is -2.27. The number of hydrogen-bond donors (Lipinski definition) is 0. The fraction of sp³-hybridized carbons (Fsp3) is 0.667. The van der Waals surface area contributed by atoms with E-state index < -0.39 is 6.16 Å². The van der Waals surface area contributed by atoms with Crippen molar-refractivity contribution < 1.29 is 14.3 Å². The SMILES string of the molecule is [CH2]C1(C)COC(=O)OC1. The first kappa shape index (κ1) is 6.39. The zero-order valence-electron chi connectivity index (χ0n) is 5.35. The number of cyclic esters (lactones) is 2. The third-order valence-electron chi connectivity index (χ3n) is 1.08. The van der Waals surface area contributed by atoms with Crippen molar-refractivity contribution in [3.63, 3.8) is 0 Å². The Balaban J connectivity index is 2.44. The molecule has 1 aliphatic rings. The molecule has 0 aromatic rings. The average molecular weight is 129 g/mol. The second kappa shape index (κ2) is 1.90. The third-order valence-corrected chi connectivity index (χ3v) is 1.08. The minimum absolute atomic E-state index is 0.256. The Bertz CT molecular complexity index is 116. The summed E-state index contributed by atoms with van der Waals surface area (Å²) in [5.74, 6) is 0. The van der Waals surface area contributed by atoms with Gasteiger partial charge in [-0.3, -0.25) is 0 Å². The molecular weight excluding hydrogens is 120 g/mol. The summed E-state index contributed by atoms with van der Waals surface area (Å²) in [6.07, 6.45) is -0.587. The number of rotatable bonds is 0. The summed E-state index contributed by atoms with van der Waals surface area (Å²) >= 11 is 0. The fourth-order valence-corrected chi connectivity index (χ4v) is 0.550. The lowest BCUT2D eigenvalue weighted by molar-refractivity contribution is -0.0343. The van der Waals surface area contributed by atoms with Gasteiger partial charge in [0.15, 0.2) is 0 Å². The Labute approximate surface area is 53.9 Å². The van der Waals surface area contributed by atoms with E-state index in [0.29, 0.717) is 13.2 Å². The quantitative estimate of drug-likeness (QED) is 0.457. The van der Waals surface area contributed by atoms with Crippen molar-refractivity contribution in [1.29, 1.82) is 0 Å². The molecule has 1 radical (unpaired) electrons. The summed E-state index contributed by atoms with van der Waals surface area (Å²) in [5.41, 5.74) is -0.256. The number of hydrogen-bond acceptors (Lipinski definition) is 3. The van der Waals surface area contributed by atoms with E-state index in [1.54, 1.807) is 0 Å². The van der Waals surface area contributed by atoms with Gasteiger partial charge in [-0.15, -0.1) is 0 Å². The summed E-state index contributed by atoms with van der Waals surface area (Å²) in [5, 5.41) is 0. The van der Waals surface area contributed by atoms with Crippen LogP contribution in [0.15, 0.2) is 0 Å². The van der Waals surface area contributed by atoms with Gasteiger partial charge in [-0.05, 0) is 6.92 Å². The second-order valence-corrected chi connectivity index (χ2v) is 2.64. The molecule has 1 aliphatic heterocycles. The van der Waals surface area contributed by atoms with E-state index in [1.165, 1.54) is 0 Å². The largest absolute Gasteiger partial charge is 0.508 e. The molecule has 0 N–H and O–H groups in total. The molecule has 1 saturated heterocycles. The maximum Gasteiger partial charge on any atom is 0.508 e. The molecule has 51 valence electrons. The van der Waals surface area contributed by atoms with Gasteiger partial charge >= 0.3 is 6.16 Å². The van der Waals surface area contributed by atoms with Gasteiger partial charge in [0.25, 0.3) is 0 Å². The summed E-state index contributed by atoms with van der Waals surface area (Å²) in [6, 6.07) is 0. The van der Waals surface area contributed by atoms with Crippen LogP contribution in [0.1, 0.15) is 6.92 Å². The Kier molecular flexibility index (Phi) is 1.35. The van der Waals surface area contributed by atoms with Crippen LogP contribution in [0.3, 0.4) is 0 Å². The number of carbonyl (C=O) groups is 1. The van der Waals surface area contributed by atoms with E-state index in [1.807, 2.05) is 6.92 Å². The molecule has 0 aliphatic carbocycles. The molecule has 3 nitrogen and oxygen atoms in total. The molecule has 1 fully saturated rings. The number of carbonyl (C=O) groups excluding carboxylic acids is 1. The van der Waals surface area contributed by atoms with E-state index in [2.05, 4.69) is 16.4 Å². The Morgan fingerprint density at radius 3 is 2.33 bits per heavy atom. The van der Waals surface area contributed by atoms with Crippen molar-refractivity contribution in [3.05, 3.63) is 6.92 Å². The zero-order valence-corrected chi connectivity index (χ0v) is 5.35. The molecule has 0 aromatic carbocycles. The van der Waals surface area contributed by atoms with Crippen LogP contribution < -0.4 is 0 Å². The molecule has 0 unspecified atom stereocenters. The first-order valence-electron chi connectivity index (χ1n) is 2.75. The van der Waals surface area contributed by atoms with Gasteiger partial charge in [0.1, 0.15) is 13.2 Å². The van der Waals surface area contributed by atoms with Gasteiger partial charge in [-0.25, -0.2) is 4.79 Å². The molecule has 9 heavy (non-hydrogen) atoms. The molecular formula is C6H9O3. The average Bonchev–Trinajstić information content (AvgIpc) is 1.78. The minimum atomic E-state index is -0.587. The normalized spacial score (nSPS) is 24.4. The summed E-state index contributed by atoms with van der Waals surface area (Å²) in [7, 11) is 0. The number of ether oxygens (including phenoxy) is 2. The molecule has 0 amide bonds. The van der Waals surface area contributed by atoms with Crippen LogP contribution in [0.2, 0.25) is 0 Å².